The van der Waals surface area contributed by atoms with E-state index in [0.717, 1.165) is 24.5 Å². The summed E-state index contributed by atoms with van der Waals surface area (Å²) in [5, 5.41) is 11.7. The number of rotatable bonds is 6. The summed E-state index contributed by atoms with van der Waals surface area (Å²) in [6.07, 6.45) is 4.05. The minimum Gasteiger partial charge on any atom is -0.311 e. The van der Waals surface area contributed by atoms with Gasteiger partial charge in [-0.05, 0) is 43.0 Å². The Kier molecular flexibility index (Phi) is 4.99. The van der Waals surface area contributed by atoms with Gasteiger partial charge in [0.05, 0.1) is 17.6 Å². The van der Waals surface area contributed by atoms with E-state index in [9.17, 15) is 0 Å². The van der Waals surface area contributed by atoms with Crippen LogP contribution < -0.4 is 5.32 Å². The van der Waals surface area contributed by atoms with Crippen LogP contribution in [0.3, 0.4) is 0 Å². The van der Waals surface area contributed by atoms with Crippen LogP contribution >= 0.6 is 11.8 Å². The van der Waals surface area contributed by atoms with E-state index in [1.165, 1.54) is 4.90 Å². The van der Waals surface area contributed by atoms with Crippen molar-refractivity contribution in [1.29, 1.82) is 0 Å². The van der Waals surface area contributed by atoms with Gasteiger partial charge in [-0.15, -0.1) is 16.9 Å². The van der Waals surface area contributed by atoms with Crippen molar-refractivity contribution in [2.75, 3.05) is 12.8 Å². The van der Waals surface area contributed by atoms with Gasteiger partial charge >= 0.3 is 0 Å². The molecule has 1 N–H and O–H groups in total. The summed E-state index contributed by atoms with van der Waals surface area (Å²) in [4.78, 5) is 1.25. The number of nitrogens with zero attached hydrogens (tertiary/aromatic N) is 3. The first kappa shape index (κ1) is 14.1. The summed E-state index contributed by atoms with van der Waals surface area (Å²) in [7, 11) is 0. The molecule has 102 valence electrons. The van der Waals surface area contributed by atoms with Crippen molar-refractivity contribution in [3.63, 3.8) is 0 Å². The van der Waals surface area contributed by atoms with Crippen LogP contribution in [-0.4, -0.2) is 27.8 Å². The number of thioether (sulfide) groups is 1. The quantitative estimate of drug-likeness (QED) is 0.824. The van der Waals surface area contributed by atoms with Crippen molar-refractivity contribution in [3.05, 3.63) is 36.2 Å². The smallest absolute Gasteiger partial charge is 0.0969 e. The summed E-state index contributed by atoms with van der Waals surface area (Å²) in [5.41, 5.74) is 2.01. The van der Waals surface area contributed by atoms with Gasteiger partial charge in [-0.2, -0.15) is 0 Å². The normalized spacial score (nSPS) is 11.2. The molecule has 0 spiro atoms. The van der Waals surface area contributed by atoms with Crippen LogP contribution in [0, 0.1) is 5.92 Å². The van der Waals surface area contributed by atoms with E-state index in [4.69, 9.17) is 0 Å². The molecule has 1 heterocycles. The number of hydrogen-bond acceptors (Lipinski definition) is 4. The highest BCUT2D eigenvalue weighted by Crippen LogP contribution is 2.16. The summed E-state index contributed by atoms with van der Waals surface area (Å²) < 4.78 is 1.82. The predicted octanol–water partition coefficient (Wildman–Crippen LogP) is 2.73. The van der Waals surface area contributed by atoms with Gasteiger partial charge in [-0.25, -0.2) is 4.68 Å². The highest BCUT2D eigenvalue weighted by Gasteiger charge is 2.03. The predicted molar refractivity (Wildman–Crippen MR) is 79.7 cm³/mol. The van der Waals surface area contributed by atoms with Gasteiger partial charge in [0, 0.05) is 11.4 Å². The van der Waals surface area contributed by atoms with Gasteiger partial charge in [0.2, 0.25) is 0 Å². The Morgan fingerprint density at radius 3 is 2.63 bits per heavy atom. The van der Waals surface area contributed by atoms with Gasteiger partial charge < -0.3 is 5.32 Å². The first-order chi connectivity index (χ1) is 9.19. The third kappa shape index (κ3) is 4.08. The van der Waals surface area contributed by atoms with E-state index < -0.39 is 0 Å². The molecule has 2 aromatic rings. The molecule has 4 nitrogen and oxygen atoms in total. The van der Waals surface area contributed by atoms with Crippen molar-refractivity contribution in [3.8, 4) is 5.69 Å². The zero-order chi connectivity index (χ0) is 13.7. The maximum absolute atomic E-state index is 4.18. The largest absolute Gasteiger partial charge is 0.311 e. The third-order valence-electron chi connectivity index (χ3n) is 2.74. The fourth-order valence-corrected chi connectivity index (χ4v) is 2.14. The van der Waals surface area contributed by atoms with Crippen LogP contribution in [-0.2, 0) is 6.54 Å². The van der Waals surface area contributed by atoms with Crippen LogP contribution in [0.15, 0.2) is 35.4 Å². The number of benzene rings is 1. The van der Waals surface area contributed by atoms with Crippen molar-refractivity contribution >= 4 is 11.8 Å². The Morgan fingerprint density at radius 2 is 2.00 bits per heavy atom. The third-order valence-corrected chi connectivity index (χ3v) is 3.48. The first-order valence-corrected chi connectivity index (χ1v) is 7.68. The fourth-order valence-electron chi connectivity index (χ4n) is 1.73. The summed E-state index contributed by atoms with van der Waals surface area (Å²) in [6.45, 7) is 6.14. The van der Waals surface area contributed by atoms with E-state index in [2.05, 4.69) is 60.0 Å². The lowest BCUT2D eigenvalue weighted by atomic mass is 10.2. The minimum absolute atomic E-state index is 0.647. The number of nitrogens with one attached hydrogen (secondary N) is 1. The zero-order valence-electron chi connectivity index (χ0n) is 11.6. The highest BCUT2D eigenvalue weighted by molar-refractivity contribution is 7.98. The van der Waals surface area contributed by atoms with Gasteiger partial charge in [0.25, 0.3) is 0 Å². The average molecular weight is 276 g/mol. The van der Waals surface area contributed by atoms with Gasteiger partial charge in [0.15, 0.2) is 0 Å². The number of aromatic nitrogens is 3. The van der Waals surface area contributed by atoms with E-state index in [-0.39, 0.29) is 0 Å². The van der Waals surface area contributed by atoms with E-state index in [0.29, 0.717) is 5.92 Å². The maximum Gasteiger partial charge on any atom is 0.0969 e. The Hall–Kier alpha value is -1.33. The molecule has 1 aromatic heterocycles. The topological polar surface area (TPSA) is 42.7 Å². The van der Waals surface area contributed by atoms with Gasteiger partial charge in [0.1, 0.15) is 0 Å². The molecule has 0 aliphatic rings. The second-order valence-corrected chi connectivity index (χ2v) is 5.76. The SMILES string of the molecule is CSc1ccc(-n2cc(CNCC(C)C)nn2)cc1. The second-order valence-electron chi connectivity index (χ2n) is 4.88. The molecule has 19 heavy (non-hydrogen) atoms. The van der Waals surface area contributed by atoms with Crippen molar-refractivity contribution in [1.82, 2.24) is 20.3 Å². The van der Waals surface area contributed by atoms with Crippen LogP contribution in [0.4, 0.5) is 0 Å². The molecule has 0 aliphatic heterocycles. The summed E-state index contributed by atoms with van der Waals surface area (Å²) in [6, 6.07) is 8.31. The molecule has 0 radical (unpaired) electrons. The van der Waals surface area contributed by atoms with Gasteiger partial charge in [-0.3, -0.25) is 0 Å². The van der Waals surface area contributed by atoms with Crippen molar-refractivity contribution < 1.29 is 0 Å². The Balaban J connectivity index is 1.99. The Bertz CT molecular complexity index is 504. The van der Waals surface area contributed by atoms with Gasteiger partial charge in [-0.1, -0.05) is 19.1 Å². The molecule has 2 rings (SSSR count). The summed E-state index contributed by atoms with van der Waals surface area (Å²) in [5.74, 6) is 0.647. The van der Waals surface area contributed by atoms with E-state index in [1.807, 2.05) is 10.9 Å². The van der Waals surface area contributed by atoms with Crippen molar-refractivity contribution in [2.45, 2.75) is 25.3 Å². The lowest BCUT2D eigenvalue weighted by Gasteiger charge is -2.04. The fraction of sp³-hybridized carbons (Fsp3) is 0.429. The molecule has 0 unspecified atom stereocenters. The zero-order valence-corrected chi connectivity index (χ0v) is 12.4. The lowest BCUT2D eigenvalue weighted by molar-refractivity contribution is 0.548. The molecule has 1 aromatic carbocycles. The molecule has 0 saturated carbocycles. The molecule has 0 bridgehead atoms. The lowest BCUT2D eigenvalue weighted by Crippen LogP contribution is -2.19. The molecule has 0 amide bonds. The number of hydrogen-bond donors (Lipinski definition) is 1. The monoisotopic (exact) mass is 276 g/mol. The van der Waals surface area contributed by atoms with Crippen LogP contribution in [0.2, 0.25) is 0 Å². The van der Waals surface area contributed by atoms with Crippen LogP contribution in [0.5, 0.6) is 0 Å². The molecular formula is C14H20N4S. The first-order valence-electron chi connectivity index (χ1n) is 6.45. The molecule has 0 saturated heterocycles. The Labute approximate surface area is 118 Å². The molecule has 5 heteroatoms. The Morgan fingerprint density at radius 1 is 1.26 bits per heavy atom. The standard InChI is InChI=1S/C14H20N4S/c1-11(2)8-15-9-12-10-18(17-16-12)13-4-6-14(19-3)7-5-13/h4-7,10-11,15H,8-9H2,1-3H3. The molecule has 0 atom stereocenters. The molecule has 0 fully saturated rings. The second kappa shape index (κ2) is 6.73. The minimum atomic E-state index is 0.647. The highest BCUT2D eigenvalue weighted by atomic mass is 32.2. The molecule has 0 aliphatic carbocycles. The summed E-state index contributed by atoms with van der Waals surface area (Å²) >= 11 is 1.74. The van der Waals surface area contributed by atoms with Crippen LogP contribution in [0.25, 0.3) is 5.69 Å². The average Bonchev–Trinajstić information content (AvgIpc) is 2.87. The van der Waals surface area contributed by atoms with E-state index >= 15 is 0 Å². The van der Waals surface area contributed by atoms with Crippen molar-refractivity contribution in [2.24, 2.45) is 5.92 Å². The van der Waals surface area contributed by atoms with E-state index in [1.54, 1.807) is 11.8 Å². The van der Waals surface area contributed by atoms with Crippen LogP contribution in [0.1, 0.15) is 19.5 Å². The molecular weight excluding hydrogens is 256 g/mol. The maximum atomic E-state index is 4.18.